The molecular weight excluding hydrogens is 257 g/mol. The van der Waals surface area contributed by atoms with E-state index >= 15 is 0 Å². The molecule has 0 aromatic heterocycles. The molecule has 0 spiro atoms. The fourth-order valence-corrected chi connectivity index (χ4v) is 3.00. The van der Waals surface area contributed by atoms with E-state index in [0.717, 1.165) is 0 Å². The van der Waals surface area contributed by atoms with Gasteiger partial charge in [0.25, 0.3) is 0 Å². The van der Waals surface area contributed by atoms with Crippen molar-refractivity contribution >= 4 is 10.1 Å². The number of hydrogen-bond acceptors (Lipinski definition) is 3. The molecule has 0 N–H and O–H groups in total. The van der Waals surface area contributed by atoms with Gasteiger partial charge in [-0.15, -0.1) is 0 Å². The van der Waals surface area contributed by atoms with Gasteiger partial charge in [0, 0.05) is 0 Å². The predicted octanol–water partition coefficient (Wildman–Crippen LogP) is 3.07. The van der Waals surface area contributed by atoms with E-state index in [2.05, 4.69) is 4.18 Å². The van der Waals surface area contributed by atoms with E-state index in [1.165, 1.54) is 0 Å². The van der Waals surface area contributed by atoms with Crippen LogP contribution in [-0.4, -0.2) is 20.0 Å². The van der Waals surface area contributed by atoms with Crippen LogP contribution in [0.25, 0.3) is 0 Å². The van der Waals surface area contributed by atoms with Gasteiger partial charge in [-0.25, -0.2) is 0 Å². The van der Waals surface area contributed by atoms with Gasteiger partial charge in [0.15, 0.2) is 0 Å². The highest BCUT2D eigenvalue weighted by molar-refractivity contribution is 7.87. The molecule has 0 bridgehead atoms. The Labute approximate surface area is 99.5 Å². The Bertz CT molecular complexity index is 373. The topological polar surface area (TPSA) is 43.4 Å². The van der Waals surface area contributed by atoms with Gasteiger partial charge in [0.2, 0.25) is 0 Å². The third kappa shape index (κ3) is 3.58. The van der Waals surface area contributed by atoms with Crippen molar-refractivity contribution in [1.29, 1.82) is 0 Å². The van der Waals surface area contributed by atoms with Crippen LogP contribution < -0.4 is 0 Å². The summed E-state index contributed by atoms with van der Waals surface area (Å²) in [6.45, 7) is 5.74. The molecular formula is C10H17F3O3S. The van der Waals surface area contributed by atoms with Crippen LogP contribution in [0, 0.1) is 11.3 Å². The van der Waals surface area contributed by atoms with Crippen molar-refractivity contribution in [3.63, 3.8) is 0 Å². The van der Waals surface area contributed by atoms with Gasteiger partial charge in [0.05, 0.1) is 6.10 Å². The van der Waals surface area contributed by atoms with Gasteiger partial charge in [-0.05, 0) is 30.6 Å². The lowest BCUT2D eigenvalue weighted by Gasteiger charge is -2.38. The maximum Gasteiger partial charge on any atom is 0.523 e. The summed E-state index contributed by atoms with van der Waals surface area (Å²) in [5.74, 6) is -0.198. The molecule has 7 heteroatoms. The fraction of sp³-hybridized carbons (Fsp3) is 1.00. The smallest absolute Gasteiger partial charge is 0.260 e. The quantitative estimate of drug-likeness (QED) is 0.574. The molecule has 1 saturated carbocycles. The van der Waals surface area contributed by atoms with E-state index in [0.29, 0.717) is 19.3 Å². The second-order valence-corrected chi connectivity index (χ2v) is 6.98. The van der Waals surface area contributed by atoms with Crippen LogP contribution in [0.5, 0.6) is 0 Å². The zero-order chi connectivity index (χ0) is 13.5. The molecule has 1 aliphatic carbocycles. The van der Waals surface area contributed by atoms with Crippen molar-refractivity contribution in [2.45, 2.75) is 51.6 Å². The lowest BCUT2D eigenvalue weighted by atomic mass is 9.71. The summed E-state index contributed by atoms with van der Waals surface area (Å²) < 4.78 is 62.5. The number of alkyl halides is 3. The van der Waals surface area contributed by atoms with Crippen molar-refractivity contribution in [1.82, 2.24) is 0 Å². The third-order valence-electron chi connectivity index (χ3n) is 3.15. The van der Waals surface area contributed by atoms with Crippen LogP contribution in [0.3, 0.4) is 0 Å². The van der Waals surface area contributed by atoms with Gasteiger partial charge in [0.1, 0.15) is 0 Å². The minimum Gasteiger partial charge on any atom is -0.260 e. The van der Waals surface area contributed by atoms with Gasteiger partial charge < -0.3 is 0 Å². The third-order valence-corrected chi connectivity index (χ3v) is 4.22. The lowest BCUT2D eigenvalue weighted by molar-refractivity contribution is -0.0629. The van der Waals surface area contributed by atoms with E-state index in [-0.39, 0.29) is 11.3 Å². The molecule has 0 heterocycles. The Balaban J connectivity index is 2.72. The average Bonchev–Trinajstić information content (AvgIpc) is 2.07. The van der Waals surface area contributed by atoms with Crippen LogP contribution >= 0.6 is 0 Å². The van der Waals surface area contributed by atoms with Gasteiger partial charge in [-0.3, -0.25) is 4.18 Å². The zero-order valence-corrected chi connectivity index (χ0v) is 10.9. The van der Waals surface area contributed by atoms with Crippen LogP contribution in [0.1, 0.15) is 40.0 Å². The van der Waals surface area contributed by atoms with E-state index in [1.54, 1.807) is 6.92 Å². The molecule has 1 aliphatic rings. The van der Waals surface area contributed by atoms with E-state index in [9.17, 15) is 21.6 Å². The Morgan fingerprint density at radius 2 is 1.82 bits per heavy atom. The van der Waals surface area contributed by atoms with Crippen LogP contribution in [0.4, 0.5) is 13.2 Å². The number of rotatable bonds is 2. The summed E-state index contributed by atoms with van der Waals surface area (Å²) in [6.07, 6.45) is 0.791. The van der Waals surface area contributed by atoms with Crippen LogP contribution in [-0.2, 0) is 14.3 Å². The van der Waals surface area contributed by atoms with Crippen molar-refractivity contribution in [2.24, 2.45) is 11.3 Å². The molecule has 3 nitrogen and oxygen atoms in total. The molecule has 102 valence electrons. The summed E-state index contributed by atoms with van der Waals surface area (Å²) in [5.41, 5.74) is -5.30. The summed E-state index contributed by atoms with van der Waals surface area (Å²) in [4.78, 5) is 0. The molecule has 1 rings (SSSR count). The Kier molecular flexibility index (Phi) is 3.84. The fourth-order valence-electron chi connectivity index (χ4n) is 2.28. The Morgan fingerprint density at radius 1 is 1.29 bits per heavy atom. The molecule has 2 unspecified atom stereocenters. The summed E-state index contributed by atoms with van der Waals surface area (Å²) in [6, 6.07) is 0. The largest absolute Gasteiger partial charge is 0.523 e. The highest BCUT2D eigenvalue weighted by atomic mass is 32.2. The molecule has 0 aromatic carbocycles. The highest BCUT2D eigenvalue weighted by Gasteiger charge is 2.49. The molecule has 0 amide bonds. The van der Waals surface area contributed by atoms with Crippen LogP contribution in [0.2, 0.25) is 0 Å². The predicted molar refractivity (Wildman–Crippen MR) is 56.6 cm³/mol. The SMILES string of the molecule is CC1CC(C)(C)CCC1OS(=O)(=O)C(F)(F)F. The average molecular weight is 274 g/mol. The van der Waals surface area contributed by atoms with E-state index in [1.807, 2.05) is 13.8 Å². The first-order valence-electron chi connectivity index (χ1n) is 5.44. The first-order valence-corrected chi connectivity index (χ1v) is 6.85. The van der Waals surface area contributed by atoms with Crippen LogP contribution in [0.15, 0.2) is 0 Å². The minimum atomic E-state index is -5.47. The van der Waals surface area contributed by atoms with Crippen molar-refractivity contribution in [3.8, 4) is 0 Å². The lowest BCUT2D eigenvalue weighted by Crippen LogP contribution is -2.38. The molecule has 0 aromatic rings. The summed E-state index contributed by atoms with van der Waals surface area (Å²) >= 11 is 0. The monoisotopic (exact) mass is 274 g/mol. The van der Waals surface area contributed by atoms with Gasteiger partial charge in [-0.2, -0.15) is 21.6 Å². The molecule has 2 atom stereocenters. The van der Waals surface area contributed by atoms with E-state index < -0.39 is 21.7 Å². The summed E-state index contributed by atoms with van der Waals surface area (Å²) in [5, 5.41) is 0. The molecule has 0 radical (unpaired) electrons. The standard InChI is InChI=1S/C10H17F3O3S/c1-7-6-9(2,3)5-4-8(7)16-17(14,15)10(11,12)13/h7-8H,4-6H2,1-3H3. The molecule has 0 aliphatic heterocycles. The van der Waals surface area contributed by atoms with Gasteiger partial charge in [-0.1, -0.05) is 20.8 Å². The first kappa shape index (κ1) is 14.8. The molecule has 1 fully saturated rings. The Morgan fingerprint density at radius 3 is 2.24 bits per heavy atom. The molecule has 17 heavy (non-hydrogen) atoms. The highest BCUT2D eigenvalue weighted by Crippen LogP contribution is 2.41. The van der Waals surface area contributed by atoms with Crippen molar-refractivity contribution < 1.29 is 25.8 Å². The minimum absolute atomic E-state index is 0.0290. The first-order chi connectivity index (χ1) is 7.45. The number of halogens is 3. The van der Waals surface area contributed by atoms with Gasteiger partial charge >= 0.3 is 15.6 Å². The second kappa shape index (κ2) is 4.42. The normalized spacial score (nSPS) is 30.2. The maximum absolute atomic E-state index is 12.2. The molecule has 0 saturated heterocycles. The van der Waals surface area contributed by atoms with Crippen molar-refractivity contribution in [2.75, 3.05) is 0 Å². The summed E-state index contributed by atoms with van der Waals surface area (Å²) in [7, 11) is -5.47. The zero-order valence-electron chi connectivity index (χ0n) is 10.0. The number of hydrogen-bond donors (Lipinski definition) is 0. The maximum atomic E-state index is 12.2. The second-order valence-electron chi connectivity index (χ2n) is 5.42. The van der Waals surface area contributed by atoms with E-state index in [4.69, 9.17) is 0 Å². The Hall–Kier alpha value is -0.300. The van der Waals surface area contributed by atoms with Crippen molar-refractivity contribution in [3.05, 3.63) is 0 Å².